The van der Waals surface area contributed by atoms with E-state index in [0.29, 0.717) is 28.0 Å². The van der Waals surface area contributed by atoms with Crippen LogP contribution in [0.5, 0.6) is 5.75 Å². The first-order chi connectivity index (χ1) is 11.4. The molecule has 0 aliphatic carbocycles. The van der Waals surface area contributed by atoms with Gasteiger partial charge in [-0.2, -0.15) is 0 Å². The third-order valence-electron chi connectivity index (χ3n) is 3.05. The molecule has 0 saturated carbocycles. The van der Waals surface area contributed by atoms with Crippen molar-refractivity contribution in [3.63, 3.8) is 0 Å². The predicted octanol–water partition coefficient (Wildman–Crippen LogP) is 3.50. The molecule has 1 aliphatic rings. The Kier molecular flexibility index (Phi) is 6.28. The van der Waals surface area contributed by atoms with Gasteiger partial charge in [0.05, 0.1) is 11.6 Å². The molecule has 24 heavy (non-hydrogen) atoms. The fourth-order valence-electron chi connectivity index (χ4n) is 1.98. The summed E-state index contributed by atoms with van der Waals surface area (Å²) in [5.41, 5.74) is 0.442. The average Bonchev–Trinajstić information content (AvgIpc) is 2.83. The lowest BCUT2D eigenvalue weighted by molar-refractivity contribution is -0.177. The lowest BCUT2D eigenvalue weighted by Gasteiger charge is -2.15. The fourth-order valence-corrected chi connectivity index (χ4v) is 2.57. The second-order valence-corrected chi connectivity index (χ2v) is 5.78. The van der Waals surface area contributed by atoms with E-state index < -0.39 is 18.0 Å². The van der Waals surface area contributed by atoms with Crippen LogP contribution >= 0.6 is 23.2 Å². The zero-order valence-electron chi connectivity index (χ0n) is 12.8. The number of amides is 2. The summed E-state index contributed by atoms with van der Waals surface area (Å²) in [5.74, 6) is -0.825. The highest BCUT2D eigenvalue weighted by atomic mass is 35.5. The van der Waals surface area contributed by atoms with Crippen molar-refractivity contribution in [2.75, 3.05) is 6.61 Å². The molecule has 0 atom stereocenters. The maximum absolute atomic E-state index is 11.7. The molecule has 0 bridgehead atoms. The minimum Gasteiger partial charge on any atom is -0.492 e. The van der Waals surface area contributed by atoms with Gasteiger partial charge in [0, 0.05) is 23.4 Å². The first-order valence-electron chi connectivity index (χ1n) is 7.23. The van der Waals surface area contributed by atoms with Crippen molar-refractivity contribution in [2.24, 2.45) is 0 Å². The van der Waals surface area contributed by atoms with Crippen molar-refractivity contribution < 1.29 is 28.7 Å². The quantitative estimate of drug-likeness (QED) is 0.558. The number of hydroxylamine groups is 2. The molecule has 0 aromatic heterocycles. The summed E-state index contributed by atoms with van der Waals surface area (Å²) < 4.78 is 10.4. The lowest BCUT2D eigenvalue weighted by atomic mass is 10.2. The summed E-state index contributed by atoms with van der Waals surface area (Å²) in [6, 6.07) is 3.05. The van der Waals surface area contributed by atoms with Gasteiger partial charge in [-0.1, -0.05) is 35.2 Å². The zero-order valence-corrected chi connectivity index (χ0v) is 14.4. The second kappa shape index (κ2) is 8.21. The number of carbonyl (C=O) groups is 3. The molecule has 1 aromatic rings. The molecular formula is C15H15Cl2NO6. The van der Waals surface area contributed by atoms with E-state index >= 15 is 0 Å². The largest absolute Gasteiger partial charge is 0.534 e. The molecule has 2 amide bonds. The molecule has 0 unspecified atom stereocenters. The van der Waals surface area contributed by atoms with Gasteiger partial charge in [0.25, 0.3) is 11.8 Å². The normalized spacial score (nSPS) is 14.0. The Balaban J connectivity index is 2.01. The number of halogens is 2. The molecule has 0 radical (unpaired) electrons. The number of benzene rings is 1. The molecule has 130 valence electrons. The number of carbonyl (C=O) groups excluding carboxylic acids is 3. The van der Waals surface area contributed by atoms with Crippen LogP contribution < -0.4 is 4.74 Å². The lowest BCUT2D eigenvalue weighted by Crippen LogP contribution is -2.32. The third-order valence-corrected chi connectivity index (χ3v) is 3.55. The number of nitrogens with zero attached hydrogens (tertiary/aromatic N) is 1. The van der Waals surface area contributed by atoms with E-state index in [4.69, 9.17) is 32.7 Å². The SMILES string of the molecule is CCCOc1c(Cl)cc(Cl)cc1COC(=O)ON1C(=O)CCC1=O. The van der Waals surface area contributed by atoms with E-state index in [1.807, 2.05) is 6.92 Å². The maximum Gasteiger partial charge on any atom is 0.534 e. The van der Waals surface area contributed by atoms with E-state index in [9.17, 15) is 14.4 Å². The van der Waals surface area contributed by atoms with E-state index in [0.717, 1.165) is 6.42 Å². The Bertz CT molecular complexity index is 648. The summed E-state index contributed by atoms with van der Waals surface area (Å²) in [6.45, 7) is 2.12. The Morgan fingerprint density at radius 1 is 1.21 bits per heavy atom. The van der Waals surface area contributed by atoms with Gasteiger partial charge in [-0.15, -0.1) is 0 Å². The smallest absolute Gasteiger partial charge is 0.492 e. The van der Waals surface area contributed by atoms with Crippen LogP contribution in [0.15, 0.2) is 12.1 Å². The predicted molar refractivity (Wildman–Crippen MR) is 84.6 cm³/mol. The van der Waals surface area contributed by atoms with Gasteiger partial charge < -0.3 is 9.47 Å². The minimum atomic E-state index is -1.18. The van der Waals surface area contributed by atoms with Gasteiger partial charge in [-0.05, 0) is 18.6 Å². The molecule has 0 spiro atoms. The van der Waals surface area contributed by atoms with Crippen LogP contribution in [0.3, 0.4) is 0 Å². The first kappa shape index (κ1) is 18.4. The topological polar surface area (TPSA) is 82.1 Å². The van der Waals surface area contributed by atoms with E-state index in [-0.39, 0.29) is 24.5 Å². The van der Waals surface area contributed by atoms with Crippen molar-refractivity contribution in [2.45, 2.75) is 32.8 Å². The van der Waals surface area contributed by atoms with Crippen molar-refractivity contribution in [3.05, 3.63) is 27.7 Å². The van der Waals surface area contributed by atoms with Crippen LogP contribution in [-0.2, 0) is 25.8 Å². The van der Waals surface area contributed by atoms with E-state index in [1.54, 1.807) is 0 Å². The molecular weight excluding hydrogens is 361 g/mol. The van der Waals surface area contributed by atoms with Gasteiger partial charge in [-0.25, -0.2) is 4.79 Å². The van der Waals surface area contributed by atoms with Gasteiger partial charge in [-0.3, -0.25) is 14.4 Å². The third kappa shape index (κ3) is 4.52. The summed E-state index contributed by atoms with van der Waals surface area (Å²) in [4.78, 5) is 39.0. The Morgan fingerprint density at radius 3 is 2.50 bits per heavy atom. The van der Waals surface area contributed by atoms with Crippen LogP contribution in [0.25, 0.3) is 0 Å². The molecule has 1 aliphatic heterocycles. The molecule has 1 heterocycles. The molecule has 1 fully saturated rings. The summed E-state index contributed by atoms with van der Waals surface area (Å²) in [7, 11) is 0. The molecule has 2 rings (SSSR count). The number of rotatable bonds is 6. The number of hydrogen-bond acceptors (Lipinski definition) is 6. The summed E-state index contributed by atoms with van der Waals surface area (Å²) in [6.07, 6.45) is -0.410. The number of imide groups is 1. The van der Waals surface area contributed by atoms with Crippen LogP contribution in [0.2, 0.25) is 10.0 Å². The Morgan fingerprint density at radius 2 is 1.88 bits per heavy atom. The monoisotopic (exact) mass is 375 g/mol. The van der Waals surface area contributed by atoms with Gasteiger partial charge in [0.1, 0.15) is 12.4 Å². The first-order valence-corrected chi connectivity index (χ1v) is 7.99. The zero-order chi connectivity index (χ0) is 17.7. The number of hydrogen-bond donors (Lipinski definition) is 0. The van der Waals surface area contributed by atoms with Gasteiger partial charge in [0.15, 0.2) is 0 Å². The fraction of sp³-hybridized carbons (Fsp3) is 0.400. The standard InChI is InChI=1S/C15H15Cl2NO6/c1-2-5-22-14-9(6-10(16)7-11(14)17)8-23-15(21)24-18-12(19)3-4-13(18)20/h6-7H,2-5,8H2,1H3. The van der Waals surface area contributed by atoms with Crippen LogP contribution in [0.1, 0.15) is 31.7 Å². The molecule has 0 N–H and O–H groups in total. The van der Waals surface area contributed by atoms with Crippen molar-refractivity contribution in [1.82, 2.24) is 5.06 Å². The van der Waals surface area contributed by atoms with Gasteiger partial charge >= 0.3 is 6.16 Å². The maximum atomic E-state index is 11.7. The molecule has 7 nitrogen and oxygen atoms in total. The summed E-state index contributed by atoms with van der Waals surface area (Å²) in [5, 5.41) is 1.04. The highest BCUT2D eigenvalue weighted by Crippen LogP contribution is 2.33. The van der Waals surface area contributed by atoms with Crippen LogP contribution in [0.4, 0.5) is 4.79 Å². The second-order valence-electron chi connectivity index (χ2n) is 4.94. The molecule has 9 heteroatoms. The van der Waals surface area contributed by atoms with E-state index in [2.05, 4.69) is 4.84 Å². The molecule has 1 aromatic carbocycles. The van der Waals surface area contributed by atoms with Crippen molar-refractivity contribution in [1.29, 1.82) is 0 Å². The minimum absolute atomic E-state index is 0.00498. The molecule has 1 saturated heterocycles. The van der Waals surface area contributed by atoms with Crippen molar-refractivity contribution in [3.8, 4) is 5.75 Å². The van der Waals surface area contributed by atoms with Gasteiger partial charge in [0.2, 0.25) is 0 Å². The Hall–Kier alpha value is -1.99. The van der Waals surface area contributed by atoms with Crippen molar-refractivity contribution >= 4 is 41.2 Å². The number of ether oxygens (including phenoxy) is 2. The highest BCUT2D eigenvalue weighted by Gasteiger charge is 2.33. The highest BCUT2D eigenvalue weighted by molar-refractivity contribution is 6.35. The van der Waals surface area contributed by atoms with Crippen LogP contribution in [-0.4, -0.2) is 29.6 Å². The Labute approximate surface area is 148 Å². The summed E-state index contributed by atoms with van der Waals surface area (Å²) >= 11 is 12.0. The van der Waals surface area contributed by atoms with Crippen LogP contribution in [0, 0.1) is 0 Å². The van der Waals surface area contributed by atoms with E-state index in [1.165, 1.54) is 12.1 Å². The average molecular weight is 376 g/mol.